The molecule has 2 saturated heterocycles. The van der Waals surface area contributed by atoms with Gasteiger partial charge < -0.3 is 63.6 Å². The van der Waals surface area contributed by atoms with Crippen molar-refractivity contribution >= 4 is 12.3 Å². The van der Waals surface area contributed by atoms with E-state index in [9.17, 15) is 35.1 Å². The summed E-state index contributed by atoms with van der Waals surface area (Å²) in [4.78, 5) is 26.5. The number of allylic oxidation sites excluding steroid dienone is 2. The number of aliphatic hydroxyl groups is 5. The predicted molar refractivity (Wildman–Crippen MR) is 172 cm³/mol. The molecule has 0 bridgehead atoms. The highest BCUT2D eigenvalue weighted by atomic mass is 16.7. The van der Waals surface area contributed by atoms with Crippen LogP contribution in [0, 0.1) is 11.8 Å². The van der Waals surface area contributed by atoms with Crippen molar-refractivity contribution in [1.82, 2.24) is 4.90 Å². The van der Waals surface area contributed by atoms with Crippen LogP contribution in [0.5, 0.6) is 0 Å². The van der Waals surface area contributed by atoms with Crippen molar-refractivity contribution in [2.24, 2.45) is 11.8 Å². The van der Waals surface area contributed by atoms with Gasteiger partial charge >= 0.3 is 5.97 Å². The Bertz CT molecular complexity index is 1070. The molecule has 0 aromatic carbocycles. The molecule has 3 aliphatic rings. The lowest BCUT2D eigenvalue weighted by Crippen LogP contribution is -2.63. The third-order valence-corrected chi connectivity index (χ3v) is 9.50. The van der Waals surface area contributed by atoms with Crippen molar-refractivity contribution in [3.05, 3.63) is 24.3 Å². The maximum atomic E-state index is 12.8. The topological polar surface area (TPSA) is 194 Å². The number of aliphatic hydroxyl groups excluding tert-OH is 4. The van der Waals surface area contributed by atoms with Crippen LogP contribution in [0.4, 0.5) is 0 Å². The Balaban J connectivity index is 1.90. The largest absolute Gasteiger partial charge is 0.462 e. The first-order chi connectivity index (χ1) is 22.6. The smallest absolute Gasteiger partial charge is 0.308 e. The Hall–Kier alpha value is -1.82. The van der Waals surface area contributed by atoms with Crippen molar-refractivity contribution in [3.63, 3.8) is 0 Å². The molecule has 11 unspecified atom stereocenters. The highest BCUT2D eigenvalue weighted by Gasteiger charge is 2.49. The summed E-state index contributed by atoms with van der Waals surface area (Å²) in [6.07, 6.45) is -3.15. The standard InChI is InChI=1S/C34H57NO13/c1-19-15-22(13-14-36)30(31(43-7)24(38)16-26(39)45-20(2)11-9-8-10-12-23(19)37)48-33-29(40)28(35(5)6)25(18-44-33)47-27-17-34(4,42)32(41)21(3)46-27/h8-10,12,14,19-25,27-33,37-38,40-42H,11,13,15-18H2,1-7H3/b9-8-,12-10+/t19-,20-,21?,22+,23?,24-,25?,27?,28?,29?,30?,31?,32?,33?,34?/m0/s1. The number of esters is 1. The average Bonchev–Trinajstić information content (AvgIpc) is 2.99. The number of ether oxygens (including phenoxy) is 6. The average molecular weight is 688 g/mol. The van der Waals surface area contributed by atoms with Crippen LogP contribution in [0.25, 0.3) is 0 Å². The Morgan fingerprint density at radius 1 is 1.08 bits per heavy atom. The number of nitrogens with zero attached hydrogens (tertiary/aromatic N) is 1. The van der Waals surface area contributed by atoms with Gasteiger partial charge in [-0.15, -0.1) is 0 Å². The summed E-state index contributed by atoms with van der Waals surface area (Å²) in [6, 6.07) is -0.698. The van der Waals surface area contributed by atoms with E-state index in [0.717, 1.165) is 0 Å². The number of likely N-dealkylation sites (N-methyl/N-ethyl adjacent to an activating group) is 1. The van der Waals surface area contributed by atoms with Gasteiger partial charge in [0.2, 0.25) is 0 Å². The van der Waals surface area contributed by atoms with E-state index in [-0.39, 0.29) is 31.8 Å². The molecule has 15 atom stereocenters. The molecule has 0 aromatic rings. The van der Waals surface area contributed by atoms with E-state index in [0.29, 0.717) is 12.7 Å². The van der Waals surface area contributed by atoms with Gasteiger partial charge in [-0.1, -0.05) is 31.2 Å². The third kappa shape index (κ3) is 10.8. The van der Waals surface area contributed by atoms with Gasteiger partial charge in [0.25, 0.3) is 0 Å². The van der Waals surface area contributed by atoms with Gasteiger partial charge in [0.1, 0.15) is 36.8 Å². The van der Waals surface area contributed by atoms with Crippen molar-refractivity contribution < 1.29 is 63.5 Å². The number of cyclic esters (lactones) is 1. The van der Waals surface area contributed by atoms with Crippen LogP contribution in [-0.2, 0) is 38.0 Å². The summed E-state index contributed by atoms with van der Waals surface area (Å²) in [5.41, 5.74) is -1.45. The van der Waals surface area contributed by atoms with E-state index in [2.05, 4.69) is 0 Å². The normalized spacial score (nSPS) is 45.3. The third-order valence-electron chi connectivity index (χ3n) is 9.50. The molecule has 5 N–H and O–H groups in total. The van der Waals surface area contributed by atoms with E-state index in [1.165, 1.54) is 14.0 Å². The minimum absolute atomic E-state index is 0.00917. The summed E-state index contributed by atoms with van der Waals surface area (Å²) in [6.45, 7) is 6.63. The van der Waals surface area contributed by atoms with Gasteiger partial charge in [0.15, 0.2) is 12.6 Å². The molecule has 0 radical (unpaired) electrons. The second-order valence-electron chi connectivity index (χ2n) is 13.9. The zero-order chi connectivity index (χ0) is 35.8. The second-order valence-corrected chi connectivity index (χ2v) is 13.9. The van der Waals surface area contributed by atoms with Gasteiger partial charge in [-0.25, -0.2) is 0 Å². The highest BCUT2D eigenvalue weighted by Crippen LogP contribution is 2.35. The molecule has 0 saturated carbocycles. The summed E-state index contributed by atoms with van der Waals surface area (Å²) in [5.74, 6) is -1.63. The van der Waals surface area contributed by atoms with Gasteiger partial charge in [-0.05, 0) is 53.1 Å². The molecule has 3 aliphatic heterocycles. The first-order valence-corrected chi connectivity index (χ1v) is 16.8. The summed E-state index contributed by atoms with van der Waals surface area (Å²) < 4.78 is 35.7. The number of hydrogen-bond acceptors (Lipinski definition) is 14. The number of rotatable bonds is 8. The van der Waals surface area contributed by atoms with Gasteiger partial charge in [-0.2, -0.15) is 0 Å². The molecule has 48 heavy (non-hydrogen) atoms. The molecule has 0 amide bonds. The van der Waals surface area contributed by atoms with Gasteiger partial charge in [0, 0.05) is 26.4 Å². The number of methoxy groups -OCH3 is 1. The Morgan fingerprint density at radius 2 is 1.79 bits per heavy atom. The molecule has 2 fully saturated rings. The van der Waals surface area contributed by atoms with Crippen LogP contribution >= 0.6 is 0 Å². The molecule has 14 nitrogen and oxygen atoms in total. The maximum absolute atomic E-state index is 12.8. The fraction of sp³-hybridized carbons (Fsp3) is 0.824. The molecule has 276 valence electrons. The molecule has 0 aliphatic carbocycles. The van der Waals surface area contributed by atoms with Crippen molar-refractivity contribution in [2.45, 2.75) is 139 Å². The van der Waals surface area contributed by atoms with Crippen molar-refractivity contribution in [2.75, 3.05) is 27.8 Å². The van der Waals surface area contributed by atoms with E-state index >= 15 is 0 Å². The van der Waals surface area contributed by atoms with Crippen LogP contribution in [-0.4, -0.2) is 150 Å². The lowest BCUT2D eigenvalue weighted by Gasteiger charge is -2.48. The number of hydrogen-bond donors (Lipinski definition) is 5. The maximum Gasteiger partial charge on any atom is 0.308 e. The Kier molecular flexibility index (Phi) is 15.6. The van der Waals surface area contributed by atoms with Crippen LogP contribution in [0.2, 0.25) is 0 Å². The monoisotopic (exact) mass is 687 g/mol. The van der Waals surface area contributed by atoms with Crippen LogP contribution in [0.1, 0.15) is 59.8 Å². The van der Waals surface area contributed by atoms with E-state index in [1.54, 1.807) is 51.1 Å². The molecule has 3 heterocycles. The van der Waals surface area contributed by atoms with Crippen LogP contribution < -0.4 is 0 Å². The lowest BCUT2D eigenvalue weighted by atomic mass is 9.82. The predicted octanol–water partition coefficient (Wildman–Crippen LogP) is 0.457. The molecular formula is C34H57NO13. The zero-order valence-electron chi connectivity index (χ0n) is 29.2. The second kappa shape index (κ2) is 18.4. The minimum Gasteiger partial charge on any atom is -0.462 e. The lowest BCUT2D eigenvalue weighted by molar-refractivity contribution is -0.329. The SMILES string of the molecule is COC1C(OC2OCC(OC3CC(C)(O)C(O)C(C)O3)C(N(C)C)C2O)[C@H](CC=O)C[C@H](C)C(O)/C=C/C=C\C[C@H](C)OC(=O)C[C@@H]1O. The van der Waals surface area contributed by atoms with Gasteiger partial charge in [-0.3, -0.25) is 4.79 Å². The number of aldehydes is 1. The molecule has 3 rings (SSSR count). The number of carbonyl (C=O) groups excluding carboxylic acids is 2. The first kappa shape index (κ1) is 40.6. The Morgan fingerprint density at radius 3 is 2.42 bits per heavy atom. The Labute approximate surface area is 283 Å². The summed E-state index contributed by atoms with van der Waals surface area (Å²) in [7, 11) is 4.85. The fourth-order valence-electron chi connectivity index (χ4n) is 6.80. The molecule has 0 spiro atoms. The van der Waals surface area contributed by atoms with E-state index < -0.39 is 97.5 Å². The van der Waals surface area contributed by atoms with Crippen molar-refractivity contribution in [3.8, 4) is 0 Å². The number of carbonyl (C=O) groups is 2. The van der Waals surface area contributed by atoms with Crippen molar-refractivity contribution in [1.29, 1.82) is 0 Å². The summed E-state index contributed by atoms with van der Waals surface area (Å²) in [5, 5.41) is 54.9. The fourth-order valence-corrected chi connectivity index (χ4v) is 6.80. The highest BCUT2D eigenvalue weighted by molar-refractivity contribution is 5.70. The van der Waals surface area contributed by atoms with Crippen LogP contribution in [0.3, 0.4) is 0 Å². The first-order valence-electron chi connectivity index (χ1n) is 16.8. The molecule has 0 aromatic heterocycles. The zero-order valence-corrected chi connectivity index (χ0v) is 29.2. The van der Waals surface area contributed by atoms with E-state index in [1.807, 2.05) is 13.0 Å². The van der Waals surface area contributed by atoms with Crippen LogP contribution in [0.15, 0.2) is 24.3 Å². The minimum atomic E-state index is -1.45. The molecular weight excluding hydrogens is 630 g/mol. The van der Waals surface area contributed by atoms with Gasteiger partial charge in [0.05, 0.1) is 49.1 Å². The quantitative estimate of drug-likeness (QED) is 0.175. The molecule has 14 heteroatoms. The summed E-state index contributed by atoms with van der Waals surface area (Å²) >= 11 is 0. The van der Waals surface area contributed by atoms with E-state index in [4.69, 9.17) is 28.4 Å².